The Balaban J connectivity index is 2.26. The lowest BCUT2D eigenvalue weighted by molar-refractivity contribution is 0.737. The van der Waals surface area contributed by atoms with E-state index in [9.17, 15) is 0 Å². The van der Waals surface area contributed by atoms with Gasteiger partial charge in [-0.15, -0.1) is 0 Å². The number of rotatable bonds is 5. The normalized spacial score (nSPS) is 12.1. The van der Waals surface area contributed by atoms with Crippen molar-refractivity contribution >= 4 is 11.8 Å². The van der Waals surface area contributed by atoms with Gasteiger partial charge in [0, 0.05) is 24.2 Å². The van der Waals surface area contributed by atoms with Crippen molar-refractivity contribution in [2.45, 2.75) is 32.7 Å². The maximum absolute atomic E-state index is 5.66. The first kappa shape index (κ1) is 13.3. The van der Waals surface area contributed by atoms with Crippen LogP contribution in [-0.2, 0) is 6.42 Å². The number of nitrogens with zero attached hydrogens (tertiary/aromatic N) is 3. The van der Waals surface area contributed by atoms with E-state index in [2.05, 4.69) is 40.2 Å². The minimum atomic E-state index is 0.174. The lowest BCUT2D eigenvalue weighted by atomic mass is 10.1. The molecule has 0 saturated carbocycles. The standard InChI is InChI=1S/C14H19N5/c1-3-10-9-17-14(15)19-13(10)18-12(4-2)11-6-5-7-16-8-11/h5-9,12H,3-4H2,1-2H3,(H3,15,17,18,19)/t12-/m1/s1. The van der Waals surface area contributed by atoms with Gasteiger partial charge < -0.3 is 11.1 Å². The molecular formula is C14H19N5. The molecule has 2 heterocycles. The summed E-state index contributed by atoms with van der Waals surface area (Å²) in [5, 5.41) is 3.43. The minimum absolute atomic E-state index is 0.174. The van der Waals surface area contributed by atoms with Crippen molar-refractivity contribution in [2.24, 2.45) is 0 Å². The number of aryl methyl sites for hydroxylation is 1. The number of nitrogens with one attached hydrogen (secondary N) is 1. The zero-order chi connectivity index (χ0) is 13.7. The third-order valence-electron chi connectivity index (χ3n) is 3.07. The molecule has 19 heavy (non-hydrogen) atoms. The Morgan fingerprint density at radius 1 is 1.32 bits per heavy atom. The third kappa shape index (κ3) is 3.19. The Kier molecular flexibility index (Phi) is 4.28. The minimum Gasteiger partial charge on any atom is -0.368 e. The summed E-state index contributed by atoms with van der Waals surface area (Å²) in [4.78, 5) is 12.5. The smallest absolute Gasteiger partial charge is 0.221 e. The Morgan fingerprint density at radius 2 is 2.16 bits per heavy atom. The van der Waals surface area contributed by atoms with Gasteiger partial charge in [0.2, 0.25) is 5.95 Å². The zero-order valence-electron chi connectivity index (χ0n) is 11.3. The van der Waals surface area contributed by atoms with E-state index in [1.807, 2.05) is 12.3 Å². The molecule has 100 valence electrons. The number of pyridine rings is 1. The highest BCUT2D eigenvalue weighted by Gasteiger charge is 2.12. The molecule has 1 atom stereocenters. The predicted molar refractivity (Wildman–Crippen MR) is 76.7 cm³/mol. The second-order valence-electron chi connectivity index (χ2n) is 4.35. The van der Waals surface area contributed by atoms with Gasteiger partial charge in [-0.2, -0.15) is 4.98 Å². The molecular weight excluding hydrogens is 238 g/mol. The average Bonchev–Trinajstić information content (AvgIpc) is 2.46. The highest BCUT2D eigenvalue weighted by Crippen LogP contribution is 2.23. The fourth-order valence-electron chi connectivity index (χ4n) is 1.97. The van der Waals surface area contributed by atoms with Crippen LogP contribution < -0.4 is 11.1 Å². The first-order valence-corrected chi connectivity index (χ1v) is 6.52. The summed E-state index contributed by atoms with van der Waals surface area (Å²) in [6.07, 6.45) is 7.24. The largest absolute Gasteiger partial charge is 0.368 e. The highest BCUT2D eigenvalue weighted by atomic mass is 15.1. The van der Waals surface area contributed by atoms with E-state index in [0.717, 1.165) is 29.8 Å². The molecule has 2 aromatic heterocycles. The van der Waals surface area contributed by atoms with Crippen molar-refractivity contribution in [3.63, 3.8) is 0 Å². The molecule has 5 nitrogen and oxygen atoms in total. The van der Waals surface area contributed by atoms with Gasteiger partial charge in [0.1, 0.15) is 5.82 Å². The van der Waals surface area contributed by atoms with Gasteiger partial charge in [-0.3, -0.25) is 4.98 Å². The number of aromatic nitrogens is 3. The molecule has 0 bridgehead atoms. The molecule has 0 spiro atoms. The number of hydrogen-bond donors (Lipinski definition) is 2. The van der Waals surface area contributed by atoms with Crippen LogP contribution >= 0.6 is 0 Å². The molecule has 0 unspecified atom stereocenters. The van der Waals surface area contributed by atoms with Crippen molar-refractivity contribution in [1.82, 2.24) is 15.0 Å². The van der Waals surface area contributed by atoms with Crippen LogP contribution in [0.5, 0.6) is 0 Å². The summed E-state index contributed by atoms with van der Waals surface area (Å²) in [6, 6.07) is 4.17. The molecule has 0 saturated heterocycles. The monoisotopic (exact) mass is 257 g/mol. The van der Waals surface area contributed by atoms with Crippen molar-refractivity contribution < 1.29 is 0 Å². The van der Waals surface area contributed by atoms with E-state index in [0.29, 0.717) is 5.95 Å². The quantitative estimate of drug-likeness (QED) is 0.861. The molecule has 0 amide bonds. The average molecular weight is 257 g/mol. The summed E-state index contributed by atoms with van der Waals surface area (Å²) < 4.78 is 0. The van der Waals surface area contributed by atoms with Crippen LogP contribution in [-0.4, -0.2) is 15.0 Å². The first-order chi connectivity index (χ1) is 9.24. The summed E-state index contributed by atoms with van der Waals surface area (Å²) in [5.74, 6) is 1.10. The summed E-state index contributed by atoms with van der Waals surface area (Å²) in [6.45, 7) is 4.20. The van der Waals surface area contributed by atoms with Crippen LogP contribution in [0.3, 0.4) is 0 Å². The van der Waals surface area contributed by atoms with Gasteiger partial charge in [-0.25, -0.2) is 4.98 Å². The van der Waals surface area contributed by atoms with Gasteiger partial charge in [0.15, 0.2) is 0 Å². The van der Waals surface area contributed by atoms with E-state index in [4.69, 9.17) is 5.73 Å². The fourth-order valence-corrected chi connectivity index (χ4v) is 1.97. The molecule has 2 rings (SSSR count). The van der Waals surface area contributed by atoms with Crippen LogP contribution in [0.1, 0.15) is 37.4 Å². The predicted octanol–water partition coefficient (Wildman–Crippen LogP) is 2.58. The third-order valence-corrected chi connectivity index (χ3v) is 3.07. The van der Waals surface area contributed by atoms with Crippen LogP contribution in [0.25, 0.3) is 0 Å². The maximum atomic E-state index is 5.66. The molecule has 0 fully saturated rings. The number of nitrogens with two attached hydrogens (primary N) is 1. The highest BCUT2D eigenvalue weighted by molar-refractivity contribution is 5.47. The number of anilines is 2. The summed E-state index contributed by atoms with van der Waals surface area (Å²) >= 11 is 0. The van der Waals surface area contributed by atoms with Crippen molar-refractivity contribution in [1.29, 1.82) is 0 Å². The lowest BCUT2D eigenvalue weighted by Crippen LogP contribution is -2.13. The Hall–Kier alpha value is -2.17. The maximum Gasteiger partial charge on any atom is 0.221 e. The van der Waals surface area contributed by atoms with Gasteiger partial charge in [-0.05, 0) is 24.5 Å². The molecule has 0 aliphatic rings. The molecule has 5 heteroatoms. The second-order valence-corrected chi connectivity index (χ2v) is 4.35. The SMILES string of the molecule is CCc1cnc(N)nc1N[C@H](CC)c1cccnc1. The van der Waals surface area contributed by atoms with E-state index in [-0.39, 0.29) is 6.04 Å². The van der Waals surface area contributed by atoms with Crippen LogP contribution in [0, 0.1) is 0 Å². The molecule has 0 aromatic carbocycles. The summed E-state index contributed by atoms with van der Waals surface area (Å²) in [5.41, 5.74) is 7.87. The number of hydrogen-bond acceptors (Lipinski definition) is 5. The van der Waals surface area contributed by atoms with Gasteiger partial charge in [-0.1, -0.05) is 19.9 Å². The summed E-state index contributed by atoms with van der Waals surface area (Å²) in [7, 11) is 0. The molecule has 3 N–H and O–H groups in total. The van der Waals surface area contributed by atoms with Gasteiger partial charge in [0.25, 0.3) is 0 Å². The lowest BCUT2D eigenvalue weighted by Gasteiger charge is -2.19. The second kappa shape index (κ2) is 6.13. The van der Waals surface area contributed by atoms with Crippen molar-refractivity contribution in [3.8, 4) is 0 Å². The van der Waals surface area contributed by atoms with E-state index in [1.54, 1.807) is 12.4 Å². The van der Waals surface area contributed by atoms with Crippen LogP contribution in [0.2, 0.25) is 0 Å². The Labute approximate surface area is 113 Å². The fraction of sp³-hybridized carbons (Fsp3) is 0.357. The van der Waals surface area contributed by atoms with E-state index in [1.165, 1.54) is 0 Å². The van der Waals surface area contributed by atoms with Crippen LogP contribution in [0.4, 0.5) is 11.8 Å². The molecule has 0 radical (unpaired) electrons. The Morgan fingerprint density at radius 3 is 2.79 bits per heavy atom. The van der Waals surface area contributed by atoms with E-state index < -0.39 is 0 Å². The molecule has 0 aliphatic carbocycles. The van der Waals surface area contributed by atoms with Gasteiger partial charge in [0.05, 0.1) is 6.04 Å². The molecule has 2 aromatic rings. The first-order valence-electron chi connectivity index (χ1n) is 6.52. The topological polar surface area (TPSA) is 76.7 Å². The zero-order valence-corrected chi connectivity index (χ0v) is 11.3. The van der Waals surface area contributed by atoms with Gasteiger partial charge >= 0.3 is 0 Å². The van der Waals surface area contributed by atoms with Crippen LogP contribution in [0.15, 0.2) is 30.7 Å². The van der Waals surface area contributed by atoms with Crippen molar-refractivity contribution in [3.05, 3.63) is 41.9 Å². The molecule has 0 aliphatic heterocycles. The Bertz CT molecular complexity index is 527. The number of nitrogen functional groups attached to an aromatic ring is 1. The van der Waals surface area contributed by atoms with Crippen molar-refractivity contribution in [2.75, 3.05) is 11.1 Å². The van der Waals surface area contributed by atoms with E-state index >= 15 is 0 Å².